The maximum atomic E-state index is 12.0. The number of aryl methyl sites for hydroxylation is 1. The van der Waals surface area contributed by atoms with Crippen LogP contribution in [0, 0.1) is 5.92 Å². The van der Waals surface area contributed by atoms with Crippen LogP contribution in [0.1, 0.15) is 31.9 Å². The molecule has 0 spiro atoms. The van der Waals surface area contributed by atoms with Crippen LogP contribution in [0.15, 0.2) is 12.4 Å². The average Bonchev–Trinajstić information content (AvgIpc) is 3.03. The van der Waals surface area contributed by atoms with Gasteiger partial charge in [0.25, 0.3) is 0 Å². The van der Waals surface area contributed by atoms with Gasteiger partial charge in [0.05, 0.1) is 6.20 Å². The molecular formula is C14H25N5O. The van der Waals surface area contributed by atoms with E-state index in [4.69, 9.17) is 5.73 Å². The zero-order valence-corrected chi connectivity index (χ0v) is 12.5. The highest BCUT2D eigenvalue weighted by atomic mass is 16.2. The van der Waals surface area contributed by atoms with Gasteiger partial charge in [-0.3, -0.25) is 9.48 Å². The van der Waals surface area contributed by atoms with Crippen LogP contribution >= 0.6 is 0 Å². The maximum absolute atomic E-state index is 12.0. The number of nitrogens with zero attached hydrogens (tertiary/aromatic N) is 3. The van der Waals surface area contributed by atoms with Crippen molar-refractivity contribution in [3.63, 3.8) is 0 Å². The lowest BCUT2D eigenvalue weighted by atomic mass is 10.1. The van der Waals surface area contributed by atoms with Crippen molar-refractivity contribution < 1.29 is 4.79 Å². The van der Waals surface area contributed by atoms with Gasteiger partial charge in [0.2, 0.25) is 5.91 Å². The van der Waals surface area contributed by atoms with E-state index in [9.17, 15) is 4.79 Å². The van der Waals surface area contributed by atoms with E-state index >= 15 is 0 Å². The predicted octanol–water partition coefficient (Wildman–Crippen LogP) is 0.266. The molecule has 6 nitrogen and oxygen atoms in total. The first-order valence-corrected chi connectivity index (χ1v) is 7.23. The van der Waals surface area contributed by atoms with Crippen molar-refractivity contribution in [2.75, 3.05) is 19.6 Å². The smallest absolute Gasteiger partial charge is 0.241 e. The number of nitrogens with one attached hydrogen (secondary N) is 1. The SMILES string of the molecule is CC(C)N1CCC(CNC(=O)C(N)c2cnn(C)c2)C1. The third kappa shape index (κ3) is 3.58. The zero-order chi connectivity index (χ0) is 14.7. The quantitative estimate of drug-likeness (QED) is 0.811. The van der Waals surface area contributed by atoms with E-state index in [0.29, 0.717) is 18.5 Å². The standard InChI is InChI=1S/C14H25N5O/c1-10(2)19-5-4-11(8-19)6-16-14(20)13(15)12-7-17-18(3)9-12/h7,9-11,13H,4-6,8,15H2,1-3H3,(H,16,20). The van der Waals surface area contributed by atoms with Crippen molar-refractivity contribution in [1.82, 2.24) is 20.0 Å². The first kappa shape index (κ1) is 15.0. The molecule has 1 fully saturated rings. The maximum Gasteiger partial charge on any atom is 0.241 e. The van der Waals surface area contributed by atoms with Gasteiger partial charge in [0, 0.05) is 37.9 Å². The molecule has 2 atom stereocenters. The number of nitrogens with two attached hydrogens (primary N) is 1. The Bertz CT molecular complexity index is 456. The fraction of sp³-hybridized carbons (Fsp3) is 0.714. The van der Waals surface area contributed by atoms with Crippen LogP contribution in [-0.2, 0) is 11.8 Å². The van der Waals surface area contributed by atoms with Crippen LogP contribution in [0.5, 0.6) is 0 Å². The summed E-state index contributed by atoms with van der Waals surface area (Å²) < 4.78 is 1.65. The highest BCUT2D eigenvalue weighted by molar-refractivity contribution is 5.82. The molecule has 0 radical (unpaired) electrons. The Kier molecular flexibility index (Phi) is 4.77. The zero-order valence-electron chi connectivity index (χ0n) is 12.5. The molecule has 2 unspecified atom stereocenters. The van der Waals surface area contributed by atoms with Crippen molar-refractivity contribution in [3.05, 3.63) is 18.0 Å². The molecular weight excluding hydrogens is 254 g/mol. The van der Waals surface area contributed by atoms with Crippen molar-refractivity contribution >= 4 is 5.91 Å². The summed E-state index contributed by atoms with van der Waals surface area (Å²) in [7, 11) is 1.81. The van der Waals surface area contributed by atoms with E-state index < -0.39 is 6.04 Å². The lowest BCUT2D eigenvalue weighted by molar-refractivity contribution is -0.122. The Hall–Kier alpha value is -1.40. The molecule has 2 heterocycles. The second-order valence-electron chi connectivity index (χ2n) is 5.91. The molecule has 1 aromatic heterocycles. The summed E-state index contributed by atoms with van der Waals surface area (Å²) in [6.07, 6.45) is 4.56. The third-order valence-corrected chi connectivity index (χ3v) is 3.98. The monoisotopic (exact) mass is 279 g/mol. The minimum Gasteiger partial charge on any atom is -0.354 e. The molecule has 3 N–H and O–H groups in total. The second-order valence-corrected chi connectivity index (χ2v) is 5.91. The highest BCUT2D eigenvalue weighted by Crippen LogP contribution is 2.18. The van der Waals surface area contributed by atoms with Gasteiger partial charge >= 0.3 is 0 Å². The Labute approximate surface area is 120 Å². The van der Waals surface area contributed by atoms with Gasteiger partial charge in [-0.25, -0.2) is 0 Å². The van der Waals surface area contributed by atoms with Crippen LogP contribution in [0.25, 0.3) is 0 Å². The molecule has 20 heavy (non-hydrogen) atoms. The molecule has 112 valence electrons. The fourth-order valence-corrected chi connectivity index (χ4v) is 2.61. The van der Waals surface area contributed by atoms with Gasteiger partial charge < -0.3 is 16.0 Å². The Morgan fingerprint density at radius 1 is 1.60 bits per heavy atom. The largest absolute Gasteiger partial charge is 0.354 e. The second kappa shape index (κ2) is 6.37. The summed E-state index contributed by atoms with van der Waals surface area (Å²) >= 11 is 0. The van der Waals surface area contributed by atoms with E-state index in [1.54, 1.807) is 17.1 Å². The van der Waals surface area contributed by atoms with E-state index in [0.717, 1.165) is 25.1 Å². The normalized spacial score (nSPS) is 21.4. The summed E-state index contributed by atoms with van der Waals surface area (Å²) in [5.74, 6) is 0.406. The molecule has 1 aliphatic rings. The summed E-state index contributed by atoms with van der Waals surface area (Å²) in [6, 6.07) is -0.0559. The minimum absolute atomic E-state index is 0.124. The van der Waals surface area contributed by atoms with Gasteiger partial charge in [-0.1, -0.05) is 0 Å². The Balaban J connectivity index is 1.78. The molecule has 1 aromatic rings. The number of hydrogen-bond acceptors (Lipinski definition) is 4. The molecule has 0 bridgehead atoms. The third-order valence-electron chi connectivity index (χ3n) is 3.98. The molecule has 1 amide bonds. The summed E-state index contributed by atoms with van der Waals surface area (Å²) in [5.41, 5.74) is 6.69. The number of aromatic nitrogens is 2. The van der Waals surface area contributed by atoms with Crippen molar-refractivity contribution in [3.8, 4) is 0 Å². The lowest BCUT2D eigenvalue weighted by Crippen LogP contribution is -2.38. The first-order valence-electron chi connectivity index (χ1n) is 7.23. The Morgan fingerprint density at radius 2 is 2.35 bits per heavy atom. The number of likely N-dealkylation sites (tertiary alicyclic amines) is 1. The number of hydrogen-bond donors (Lipinski definition) is 2. The van der Waals surface area contributed by atoms with E-state index in [2.05, 4.69) is 29.2 Å². The molecule has 1 saturated heterocycles. The molecule has 2 rings (SSSR count). The molecule has 6 heteroatoms. The van der Waals surface area contributed by atoms with Gasteiger partial charge in [0.1, 0.15) is 6.04 Å². The van der Waals surface area contributed by atoms with Crippen molar-refractivity contribution in [1.29, 1.82) is 0 Å². The van der Waals surface area contributed by atoms with Gasteiger partial charge in [0.15, 0.2) is 0 Å². The number of carbonyl (C=O) groups is 1. The van der Waals surface area contributed by atoms with Crippen LogP contribution in [0.3, 0.4) is 0 Å². The van der Waals surface area contributed by atoms with Gasteiger partial charge in [-0.2, -0.15) is 5.10 Å². The van der Waals surface area contributed by atoms with Crippen LogP contribution in [0.2, 0.25) is 0 Å². The Morgan fingerprint density at radius 3 is 2.90 bits per heavy atom. The lowest BCUT2D eigenvalue weighted by Gasteiger charge is -2.20. The summed E-state index contributed by atoms with van der Waals surface area (Å²) in [6.45, 7) is 7.29. The van der Waals surface area contributed by atoms with Crippen LogP contribution in [0.4, 0.5) is 0 Å². The predicted molar refractivity (Wildman–Crippen MR) is 78.0 cm³/mol. The number of amides is 1. The molecule has 0 aromatic carbocycles. The number of carbonyl (C=O) groups excluding carboxylic acids is 1. The van der Waals surface area contributed by atoms with E-state index in [1.807, 2.05) is 7.05 Å². The fourth-order valence-electron chi connectivity index (χ4n) is 2.61. The van der Waals surface area contributed by atoms with Crippen molar-refractivity contribution in [2.45, 2.75) is 32.4 Å². The van der Waals surface area contributed by atoms with Crippen LogP contribution < -0.4 is 11.1 Å². The average molecular weight is 279 g/mol. The van der Waals surface area contributed by atoms with Gasteiger partial charge in [-0.05, 0) is 32.7 Å². The van der Waals surface area contributed by atoms with E-state index in [1.165, 1.54) is 0 Å². The minimum atomic E-state index is -0.633. The molecule has 0 aliphatic carbocycles. The molecule has 1 aliphatic heterocycles. The summed E-state index contributed by atoms with van der Waals surface area (Å²) in [5, 5.41) is 7.00. The van der Waals surface area contributed by atoms with Crippen LogP contribution in [-0.4, -0.2) is 46.3 Å². The van der Waals surface area contributed by atoms with E-state index in [-0.39, 0.29) is 5.91 Å². The highest BCUT2D eigenvalue weighted by Gasteiger charge is 2.25. The first-order chi connectivity index (χ1) is 9.47. The topological polar surface area (TPSA) is 76.2 Å². The van der Waals surface area contributed by atoms with Crippen molar-refractivity contribution in [2.24, 2.45) is 18.7 Å². The molecule has 0 saturated carbocycles. The summed E-state index contributed by atoms with van der Waals surface area (Å²) in [4.78, 5) is 14.5. The number of rotatable bonds is 5. The van der Waals surface area contributed by atoms with Gasteiger partial charge in [-0.15, -0.1) is 0 Å².